The van der Waals surface area contributed by atoms with Crippen molar-refractivity contribution in [3.05, 3.63) is 240 Å². The number of fused-ring (bicyclic) bond motifs is 6. The van der Waals surface area contributed by atoms with Crippen LogP contribution in [0.5, 0.6) is 0 Å². The van der Waals surface area contributed by atoms with Gasteiger partial charge in [0.05, 0.1) is 19.7 Å². The highest BCUT2D eigenvalue weighted by atomic mass is 16.6. The zero-order valence-corrected chi connectivity index (χ0v) is 59.6. The van der Waals surface area contributed by atoms with E-state index in [-0.39, 0.29) is 44.0 Å². The predicted molar refractivity (Wildman–Crippen MR) is 405 cm³/mol. The number of nitrogens with zero attached hydrogens (tertiary/aromatic N) is 8. The van der Waals surface area contributed by atoms with Crippen molar-refractivity contribution in [2.75, 3.05) is 72.0 Å². The van der Waals surface area contributed by atoms with Gasteiger partial charge in [-0.15, -0.1) is 0 Å². The molecule has 0 unspecified atom stereocenters. The van der Waals surface area contributed by atoms with Crippen LogP contribution in [0.4, 0.5) is 45.5 Å². The van der Waals surface area contributed by atoms with E-state index in [1.54, 1.807) is 36.4 Å². The van der Waals surface area contributed by atoms with Gasteiger partial charge in [0, 0.05) is 140 Å². The van der Waals surface area contributed by atoms with Crippen molar-refractivity contribution in [3.8, 4) is 0 Å². The molecular weight excluding hydrogens is 1270 g/mol. The standard InChI is InChI=1S/C86H82N8O8/c1-9-17-49-87(50-18-10-2)79-59-71-41-29-25-37-67-57-70-40-28-32-46-76-64-84(92(97)98)82(90(55-23-15-7)56-24-16-8)62-74(76)44-34-36-48-78-66-86(94(101)102)80(88(51-19-11-3)52-20-12-4)60-72(78)42-30-26-38-68(70)58-69(67)39-27-31-45-75-63-83(91(95)96)81(89(53-21-13-5)54-22-14-6)61-73(75)43-33-35-47-77(71)65-85(79)93(99)100/h57-66H,9-24,49-56H2,1-8H3. The first-order valence-electron chi connectivity index (χ1n) is 35.2. The van der Waals surface area contributed by atoms with Crippen LogP contribution in [0.15, 0.2) is 95.1 Å². The highest BCUT2D eigenvalue weighted by molar-refractivity contribution is 5.89. The fraction of sp³-hybridized carbons (Fsp3) is 0.372. The Morgan fingerprint density at radius 3 is 0.647 bits per heavy atom. The Morgan fingerprint density at radius 2 is 0.431 bits per heavy atom. The first kappa shape index (κ1) is 77.0. The summed E-state index contributed by atoms with van der Waals surface area (Å²) >= 11 is 0. The molecule has 0 saturated carbocycles. The van der Waals surface area contributed by atoms with Crippen molar-refractivity contribution in [3.63, 3.8) is 0 Å². The Bertz CT molecular complexity index is 5100. The number of nitro groups is 4. The molecule has 0 saturated heterocycles. The topological polar surface area (TPSA) is 186 Å². The third-order valence-corrected chi connectivity index (χ3v) is 16.8. The van der Waals surface area contributed by atoms with Gasteiger partial charge in [-0.2, -0.15) is 0 Å². The van der Waals surface area contributed by atoms with E-state index in [0.717, 1.165) is 103 Å². The number of hydrogen-bond acceptors (Lipinski definition) is 12. The maximum Gasteiger partial charge on any atom is 0.293 e. The quantitative estimate of drug-likeness (QED) is 0.0221. The lowest BCUT2D eigenvalue weighted by Gasteiger charge is -2.24. The zero-order chi connectivity index (χ0) is 73.2. The molecular formula is C86H82N8O8. The summed E-state index contributed by atoms with van der Waals surface area (Å²) in [6, 6.07) is 51.9. The number of nitro benzene ring substituents is 4. The molecule has 0 fully saturated rings. The Hall–Kier alpha value is -12.4. The van der Waals surface area contributed by atoms with Crippen molar-refractivity contribution in [1.29, 1.82) is 0 Å². The second-order valence-corrected chi connectivity index (χ2v) is 24.3. The zero-order valence-electron chi connectivity index (χ0n) is 59.6. The van der Waals surface area contributed by atoms with Gasteiger partial charge in [-0.3, -0.25) is 40.5 Å². The molecule has 0 radical (unpaired) electrons. The summed E-state index contributed by atoms with van der Waals surface area (Å²) in [7, 11) is 0. The summed E-state index contributed by atoms with van der Waals surface area (Å²) in [5, 5.41) is 55.6. The summed E-state index contributed by atoms with van der Waals surface area (Å²) in [5.74, 6) is 0. The van der Waals surface area contributed by atoms with Crippen LogP contribution >= 0.6 is 0 Å². The van der Waals surface area contributed by atoms with Gasteiger partial charge in [0.25, 0.3) is 22.7 Å². The van der Waals surface area contributed by atoms with Crippen molar-refractivity contribution in [2.24, 2.45) is 0 Å². The second kappa shape index (κ2) is 40.5. The first-order chi connectivity index (χ1) is 49.6. The molecule has 6 aromatic carbocycles. The lowest BCUT2D eigenvalue weighted by atomic mass is 10.1. The van der Waals surface area contributed by atoms with E-state index in [0.29, 0.717) is 118 Å². The van der Waals surface area contributed by atoms with E-state index in [4.69, 9.17) is 0 Å². The summed E-state index contributed by atoms with van der Waals surface area (Å²) in [6.07, 6.45) is 13.2. The molecule has 6 aromatic rings. The van der Waals surface area contributed by atoms with E-state index >= 15 is 0 Å². The van der Waals surface area contributed by atoms with Gasteiger partial charge in [-0.1, -0.05) is 178 Å². The summed E-state index contributed by atoms with van der Waals surface area (Å²) in [6.45, 7) is 21.0. The van der Waals surface area contributed by atoms with Crippen LogP contribution in [0.2, 0.25) is 0 Å². The molecule has 0 atom stereocenters. The van der Waals surface area contributed by atoms with Crippen LogP contribution < -0.4 is 50.9 Å². The number of benzene rings is 5. The second-order valence-electron chi connectivity index (χ2n) is 24.3. The first-order valence-corrected chi connectivity index (χ1v) is 35.2. The highest BCUT2D eigenvalue weighted by Crippen LogP contribution is 2.35. The Morgan fingerprint density at radius 1 is 0.255 bits per heavy atom. The Kier molecular flexibility index (Phi) is 30.6. The normalized spacial score (nSPS) is 10.4. The third kappa shape index (κ3) is 21.8. The molecule has 0 aliphatic heterocycles. The van der Waals surface area contributed by atoms with Gasteiger partial charge in [-0.05, 0) is 159 Å². The van der Waals surface area contributed by atoms with Gasteiger partial charge in [0.2, 0.25) is 0 Å². The van der Waals surface area contributed by atoms with Gasteiger partial charge in [0.15, 0.2) is 0 Å². The fourth-order valence-electron chi connectivity index (χ4n) is 11.1. The van der Waals surface area contributed by atoms with Crippen LogP contribution in [0.3, 0.4) is 0 Å². The van der Waals surface area contributed by atoms with E-state index in [1.165, 1.54) is 24.3 Å². The molecule has 0 aromatic heterocycles. The third-order valence-electron chi connectivity index (χ3n) is 16.8. The predicted octanol–water partition coefficient (Wildman–Crippen LogP) is 14.7. The monoisotopic (exact) mass is 1350 g/mol. The van der Waals surface area contributed by atoms with Crippen LogP contribution in [-0.4, -0.2) is 72.1 Å². The van der Waals surface area contributed by atoms with Crippen LogP contribution in [0.25, 0.3) is 66.7 Å². The molecule has 1 aliphatic carbocycles. The molecule has 0 amide bonds. The molecule has 16 heteroatoms. The molecule has 0 spiro atoms. The Labute approximate surface area is 598 Å². The van der Waals surface area contributed by atoms with Gasteiger partial charge < -0.3 is 19.6 Å². The number of anilines is 4. The highest BCUT2D eigenvalue weighted by Gasteiger charge is 2.24. The number of rotatable bonds is 32. The molecule has 16 nitrogen and oxygen atoms in total. The molecule has 514 valence electrons. The van der Waals surface area contributed by atoms with Crippen molar-refractivity contribution < 1.29 is 19.7 Å². The minimum absolute atomic E-state index is 0.147. The SMILES string of the molecule is CCCCN(CCCC)c1cc2c(cc1[N+](=O)[O-])=C=C=C=C=c1cc(N(CCCC)CCCC)c([N+](=O)[O-])cc1=C=C=C=C=c1cc3c#cc#cc4cc(N(CCCC)CCCC)c([N+](=O)[O-])cc4c#cc#cc4cc(N(CCCC)CCCC)c([N+](=O)[O-])cc4c#cc#cc3cc1=C=C=C=C=2. The molecule has 7 rings (SSSR count). The van der Waals surface area contributed by atoms with Gasteiger partial charge in [-0.25, -0.2) is 0 Å². The minimum atomic E-state index is -0.429. The lowest BCUT2D eigenvalue weighted by molar-refractivity contribution is -0.384. The average Bonchev–Trinajstić information content (AvgIpc) is 0.846. The molecule has 102 heavy (non-hydrogen) atoms. The van der Waals surface area contributed by atoms with Crippen LogP contribution in [0.1, 0.15) is 158 Å². The molecule has 0 bridgehead atoms. The maximum atomic E-state index is 13.0. The smallest absolute Gasteiger partial charge is 0.293 e. The van der Waals surface area contributed by atoms with E-state index in [1.807, 2.05) is 19.6 Å². The summed E-state index contributed by atoms with van der Waals surface area (Å²) in [4.78, 5) is 58.4. The van der Waals surface area contributed by atoms with E-state index < -0.39 is 19.7 Å². The van der Waals surface area contributed by atoms with Crippen molar-refractivity contribution >= 4 is 112 Å². The van der Waals surface area contributed by atoms with Gasteiger partial charge in [0.1, 0.15) is 22.7 Å². The van der Waals surface area contributed by atoms with Crippen LogP contribution in [0, 0.1) is 113 Å². The Balaban J connectivity index is 1.77. The number of hydrogen-bond donors (Lipinski definition) is 0. The van der Waals surface area contributed by atoms with Crippen molar-refractivity contribution in [2.45, 2.75) is 158 Å². The molecule has 0 heterocycles. The average molecular weight is 1360 g/mol. The number of unbranched alkanes of at least 4 members (excludes halogenated alkanes) is 8. The van der Waals surface area contributed by atoms with Gasteiger partial charge >= 0.3 is 0 Å². The minimum Gasteiger partial charge on any atom is -0.366 e. The summed E-state index contributed by atoms with van der Waals surface area (Å²) < 4.78 is 0. The molecule has 0 N–H and O–H groups in total. The summed E-state index contributed by atoms with van der Waals surface area (Å²) in [5.41, 5.74) is 37.2. The van der Waals surface area contributed by atoms with E-state index in [9.17, 15) is 40.5 Å². The molecule has 1 aliphatic rings. The lowest BCUT2D eigenvalue weighted by Crippen LogP contribution is -2.31. The van der Waals surface area contributed by atoms with Crippen molar-refractivity contribution in [1.82, 2.24) is 0 Å². The fourth-order valence-corrected chi connectivity index (χ4v) is 11.1. The van der Waals surface area contributed by atoms with E-state index in [2.05, 4.69) is 197 Å². The maximum absolute atomic E-state index is 13.0. The van der Waals surface area contributed by atoms with Crippen LogP contribution in [-0.2, 0) is 0 Å². The largest absolute Gasteiger partial charge is 0.366 e.